The Morgan fingerprint density at radius 1 is 1.36 bits per heavy atom. The Morgan fingerprint density at radius 2 is 2.12 bits per heavy atom. The molecule has 0 bridgehead atoms. The fourth-order valence-electron chi connectivity index (χ4n) is 3.87. The largest absolute Gasteiger partial charge is 0.370 e. The zero-order chi connectivity index (χ0) is 24.1. The number of aromatic nitrogens is 2. The Labute approximate surface area is 190 Å². The summed E-state index contributed by atoms with van der Waals surface area (Å²) in [6, 6.07) is 4.01. The van der Waals surface area contributed by atoms with Crippen molar-refractivity contribution in [2.24, 2.45) is 0 Å². The maximum Gasteiger partial charge on any atom is 0.266 e. The van der Waals surface area contributed by atoms with Crippen LogP contribution < -0.4 is 21.2 Å². The third kappa shape index (κ3) is 5.91. The highest BCUT2D eigenvalue weighted by Gasteiger charge is 2.23. The molecular formula is C24H28F3N5O. The van der Waals surface area contributed by atoms with E-state index in [1.807, 2.05) is 19.1 Å². The average molecular weight is 460 g/mol. The smallest absolute Gasteiger partial charge is 0.266 e. The van der Waals surface area contributed by atoms with Crippen LogP contribution in [0.25, 0.3) is 12.2 Å². The molecule has 1 atom stereocenters. The first-order valence-electron chi connectivity index (χ1n) is 10.7. The molecule has 1 aromatic carbocycles. The summed E-state index contributed by atoms with van der Waals surface area (Å²) >= 11 is 0. The highest BCUT2D eigenvalue weighted by Crippen LogP contribution is 2.24. The van der Waals surface area contributed by atoms with Crippen molar-refractivity contribution in [3.63, 3.8) is 0 Å². The van der Waals surface area contributed by atoms with Crippen LogP contribution in [0.5, 0.6) is 0 Å². The maximum absolute atomic E-state index is 14.5. The van der Waals surface area contributed by atoms with Crippen LogP contribution in [0.1, 0.15) is 43.6 Å². The number of nitrogens with zero attached hydrogens (tertiary/aromatic N) is 3. The van der Waals surface area contributed by atoms with Gasteiger partial charge in [0.15, 0.2) is 0 Å². The SMILES string of the molecule is C=C(/C=c1/c(NCc2cccc(C(F)F)c2F)nc(C)n/c1=C/C)N1CCC(NC(C)=O)C1. The van der Waals surface area contributed by atoms with Gasteiger partial charge in [-0.1, -0.05) is 30.9 Å². The van der Waals surface area contributed by atoms with Gasteiger partial charge in [0.1, 0.15) is 17.5 Å². The van der Waals surface area contributed by atoms with Crippen molar-refractivity contribution >= 4 is 23.9 Å². The lowest BCUT2D eigenvalue weighted by molar-refractivity contribution is -0.119. The highest BCUT2D eigenvalue weighted by molar-refractivity contribution is 5.73. The second-order valence-electron chi connectivity index (χ2n) is 7.95. The summed E-state index contributed by atoms with van der Waals surface area (Å²) in [5, 5.41) is 7.34. The van der Waals surface area contributed by atoms with E-state index in [1.54, 1.807) is 6.92 Å². The lowest BCUT2D eigenvalue weighted by atomic mass is 10.1. The standard InChI is InChI=1S/C24H28F3N5O/c1-5-21-20(11-14(2)32-10-9-18(13-32)31-16(4)33)24(30-15(3)29-21)28-12-17-7-6-8-19(22(17)25)23(26)27/h5-8,11,18,23H,2,9-10,12-13H2,1,3-4H3,(H,31,33)(H,28,29,30)/b20-11+,21-5+. The van der Waals surface area contributed by atoms with Gasteiger partial charge < -0.3 is 15.5 Å². The van der Waals surface area contributed by atoms with Crippen molar-refractivity contribution in [1.29, 1.82) is 0 Å². The number of rotatable bonds is 7. The van der Waals surface area contributed by atoms with Gasteiger partial charge in [0, 0.05) is 49.1 Å². The van der Waals surface area contributed by atoms with Crippen molar-refractivity contribution < 1.29 is 18.0 Å². The zero-order valence-corrected chi connectivity index (χ0v) is 19.0. The second kappa shape index (κ2) is 10.5. The van der Waals surface area contributed by atoms with Crippen LogP contribution in [0.15, 0.2) is 30.5 Å². The van der Waals surface area contributed by atoms with Gasteiger partial charge in [-0.15, -0.1) is 0 Å². The third-order valence-electron chi connectivity index (χ3n) is 5.46. The Morgan fingerprint density at radius 3 is 2.79 bits per heavy atom. The molecule has 33 heavy (non-hydrogen) atoms. The molecule has 1 amide bonds. The molecule has 176 valence electrons. The summed E-state index contributed by atoms with van der Waals surface area (Å²) < 4.78 is 40.6. The van der Waals surface area contributed by atoms with Crippen molar-refractivity contribution in [3.05, 3.63) is 63.8 Å². The van der Waals surface area contributed by atoms with Crippen LogP contribution in [0.3, 0.4) is 0 Å². The number of likely N-dealkylation sites (tertiary alicyclic amines) is 1. The summed E-state index contributed by atoms with van der Waals surface area (Å²) in [5.74, 6) is -0.0248. The van der Waals surface area contributed by atoms with Crippen molar-refractivity contribution in [1.82, 2.24) is 20.2 Å². The number of allylic oxidation sites excluding steroid dienone is 1. The Bertz CT molecular complexity index is 1170. The van der Waals surface area contributed by atoms with E-state index < -0.39 is 17.8 Å². The number of hydrogen-bond acceptors (Lipinski definition) is 5. The highest BCUT2D eigenvalue weighted by atomic mass is 19.3. The first-order valence-corrected chi connectivity index (χ1v) is 10.7. The van der Waals surface area contributed by atoms with Crippen LogP contribution >= 0.6 is 0 Å². The molecule has 2 N–H and O–H groups in total. The van der Waals surface area contributed by atoms with Crippen LogP contribution in [0.4, 0.5) is 19.0 Å². The molecule has 0 saturated carbocycles. The molecule has 9 heteroatoms. The predicted octanol–water partition coefficient (Wildman–Crippen LogP) is 2.78. The lowest BCUT2D eigenvalue weighted by Crippen LogP contribution is -2.36. The number of nitrogens with one attached hydrogen (secondary N) is 2. The molecule has 1 aliphatic rings. The number of hydrogen-bond donors (Lipinski definition) is 2. The van der Waals surface area contributed by atoms with Gasteiger partial charge in [-0.3, -0.25) is 4.79 Å². The van der Waals surface area contributed by atoms with E-state index in [0.717, 1.165) is 24.7 Å². The van der Waals surface area contributed by atoms with E-state index in [0.29, 0.717) is 28.8 Å². The summed E-state index contributed by atoms with van der Waals surface area (Å²) in [4.78, 5) is 22.3. The number of amides is 1. The van der Waals surface area contributed by atoms with Crippen molar-refractivity contribution in [3.8, 4) is 0 Å². The van der Waals surface area contributed by atoms with Crippen molar-refractivity contribution in [2.75, 3.05) is 18.4 Å². The van der Waals surface area contributed by atoms with Gasteiger partial charge in [-0.25, -0.2) is 23.1 Å². The first kappa shape index (κ1) is 24.3. The monoisotopic (exact) mass is 459 g/mol. The molecule has 1 saturated heterocycles. The molecule has 1 aliphatic heterocycles. The third-order valence-corrected chi connectivity index (χ3v) is 5.46. The predicted molar refractivity (Wildman–Crippen MR) is 122 cm³/mol. The number of benzene rings is 1. The van der Waals surface area contributed by atoms with Crippen molar-refractivity contribution in [2.45, 2.75) is 46.2 Å². The van der Waals surface area contributed by atoms with Gasteiger partial charge >= 0.3 is 0 Å². The van der Waals surface area contributed by atoms with E-state index in [1.165, 1.54) is 19.1 Å². The molecule has 0 radical (unpaired) electrons. The van der Waals surface area contributed by atoms with Gasteiger partial charge in [0.25, 0.3) is 6.43 Å². The summed E-state index contributed by atoms with van der Waals surface area (Å²) in [7, 11) is 0. The molecule has 1 aromatic heterocycles. The van der Waals surface area contributed by atoms with Gasteiger partial charge in [0.2, 0.25) is 5.91 Å². The molecule has 0 aliphatic carbocycles. The Hall–Kier alpha value is -3.36. The minimum absolute atomic E-state index is 0.0202. The fourth-order valence-corrected chi connectivity index (χ4v) is 3.87. The Balaban J connectivity index is 1.90. The minimum atomic E-state index is -2.89. The zero-order valence-electron chi connectivity index (χ0n) is 19.0. The molecule has 0 spiro atoms. The van der Waals surface area contributed by atoms with Gasteiger partial charge in [-0.05, 0) is 26.3 Å². The number of carbonyl (C=O) groups is 1. The number of anilines is 1. The lowest BCUT2D eigenvalue weighted by Gasteiger charge is -2.19. The topological polar surface area (TPSA) is 70.2 Å². The summed E-state index contributed by atoms with van der Waals surface area (Å²) in [5.41, 5.74) is 0.222. The molecule has 1 fully saturated rings. The number of carbonyl (C=O) groups excluding carboxylic acids is 1. The normalized spacial score (nSPS) is 17.1. The molecular weight excluding hydrogens is 431 g/mol. The number of aryl methyl sites for hydroxylation is 1. The van der Waals surface area contributed by atoms with Crippen LogP contribution in [-0.4, -0.2) is 39.9 Å². The van der Waals surface area contributed by atoms with E-state index in [2.05, 4.69) is 32.1 Å². The van der Waals surface area contributed by atoms with Crippen LogP contribution in [-0.2, 0) is 11.3 Å². The van der Waals surface area contributed by atoms with Gasteiger partial charge in [0.05, 0.1) is 10.9 Å². The average Bonchev–Trinajstić information content (AvgIpc) is 3.21. The molecule has 3 rings (SSSR count). The quantitative estimate of drug-likeness (QED) is 0.667. The number of alkyl halides is 2. The molecule has 1 unspecified atom stereocenters. The second-order valence-corrected chi connectivity index (χ2v) is 7.95. The molecule has 6 nitrogen and oxygen atoms in total. The number of halogens is 3. The van der Waals surface area contributed by atoms with E-state index in [4.69, 9.17) is 0 Å². The molecule has 2 heterocycles. The maximum atomic E-state index is 14.5. The molecule has 2 aromatic rings. The van der Waals surface area contributed by atoms with E-state index in [9.17, 15) is 18.0 Å². The van der Waals surface area contributed by atoms with Crippen LogP contribution in [0, 0.1) is 12.7 Å². The van der Waals surface area contributed by atoms with Gasteiger partial charge in [-0.2, -0.15) is 0 Å². The summed E-state index contributed by atoms with van der Waals surface area (Å²) in [6.45, 7) is 10.6. The van der Waals surface area contributed by atoms with E-state index in [-0.39, 0.29) is 24.1 Å². The fraction of sp³-hybridized carbons (Fsp3) is 0.375. The van der Waals surface area contributed by atoms with E-state index >= 15 is 0 Å². The van der Waals surface area contributed by atoms with Crippen LogP contribution in [0.2, 0.25) is 0 Å². The summed E-state index contributed by atoms with van der Waals surface area (Å²) in [6.07, 6.45) is 1.61. The minimum Gasteiger partial charge on any atom is -0.370 e. The Kier molecular flexibility index (Phi) is 7.73. The first-order chi connectivity index (χ1) is 15.7.